The minimum absolute atomic E-state index is 0.102. The van der Waals surface area contributed by atoms with E-state index < -0.39 is 5.60 Å². The molecule has 7 heteroatoms. The molecule has 3 aliphatic carbocycles. The van der Waals surface area contributed by atoms with Crippen molar-refractivity contribution in [2.75, 3.05) is 19.7 Å². The number of hydrogen-bond acceptors (Lipinski definition) is 5. The van der Waals surface area contributed by atoms with Gasteiger partial charge in [-0.15, -0.1) is 5.10 Å². The van der Waals surface area contributed by atoms with E-state index in [0.717, 1.165) is 51.3 Å². The minimum atomic E-state index is -1.00. The van der Waals surface area contributed by atoms with E-state index in [1.54, 1.807) is 13.8 Å². The predicted molar refractivity (Wildman–Crippen MR) is 112 cm³/mol. The highest BCUT2D eigenvalue weighted by Gasteiger charge is 2.46. The number of ether oxygens (including phenoxy) is 1. The summed E-state index contributed by atoms with van der Waals surface area (Å²) in [5.41, 5.74) is -0.410. The van der Waals surface area contributed by atoms with Gasteiger partial charge in [0, 0.05) is 25.6 Å². The molecular formula is C23H36N4O3. The van der Waals surface area contributed by atoms with Gasteiger partial charge in [0.1, 0.15) is 11.3 Å². The smallest absolute Gasteiger partial charge is 0.225 e. The zero-order chi connectivity index (χ0) is 20.9. The molecule has 1 amide bonds. The lowest BCUT2D eigenvalue weighted by molar-refractivity contribution is -0.134. The van der Waals surface area contributed by atoms with Crippen LogP contribution in [0.2, 0.25) is 0 Å². The minimum Gasteiger partial charge on any atom is -0.384 e. The van der Waals surface area contributed by atoms with Crippen molar-refractivity contribution in [2.24, 2.45) is 23.7 Å². The van der Waals surface area contributed by atoms with Crippen molar-refractivity contribution in [1.82, 2.24) is 19.9 Å². The monoisotopic (exact) mass is 416 g/mol. The summed E-state index contributed by atoms with van der Waals surface area (Å²) in [5, 5.41) is 18.9. The lowest BCUT2D eigenvalue weighted by Crippen LogP contribution is -2.38. The molecule has 0 spiro atoms. The van der Waals surface area contributed by atoms with Crippen molar-refractivity contribution in [3.8, 4) is 0 Å². The lowest BCUT2D eigenvalue weighted by atomic mass is 9.77. The van der Waals surface area contributed by atoms with Crippen molar-refractivity contribution in [2.45, 2.75) is 83.0 Å². The SMILES string of the molecule is CC(C)(O)c1cn([C@@H]2C[C@@H]3CN(C(=O)C4CCCC4)C[C@@H]3C[C@H]2OCC2CC2)nn1. The van der Waals surface area contributed by atoms with Crippen LogP contribution in [-0.2, 0) is 15.1 Å². The van der Waals surface area contributed by atoms with E-state index in [9.17, 15) is 9.90 Å². The fraction of sp³-hybridized carbons (Fsp3) is 0.870. The number of carbonyl (C=O) groups excluding carboxylic acids is 1. The summed E-state index contributed by atoms with van der Waals surface area (Å²) in [6, 6.07) is 0.120. The van der Waals surface area contributed by atoms with Gasteiger partial charge >= 0.3 is 0 Å². The highest BCUT2D eigenvalue weighted by molar-refractivity contribution is 5.79. The Balaban J connectivity index is 1.31. The third-order valence-electron chi connectivity index (χ3n) is 7.82. The van der Waals surface area contributed by atoms with Crippen LogP contribution in [0.4, 0.5) is 0 Å². The van der Waals surface area contributed by atoms with E-state index >= 15 is 0 Å². The molecule has 0 unspecified atom stereocenters. The van der Waals surface area contributed by atoms with Gasteiger partial charge in [-0.1, -0.05) is 18.1 Å². The van der Waals surface area contributed by atoms with E-state index in [-0.39, 0.29) is 18.1 Å². The first-order chi connectivity index (χ1) is 14.4. The molecule has 1 N–H and O–H groups in total. The quantitative estimate of drug-likeness (QED) is 0.771. The van der Waals surface area contributed by atoms with Crippen LogP contribution in [-0.4, -0.2) is 56.7 Å². The summed E-state index contributed by atoms with van der Waals surface area (Å²) in [5.74, 6) is 2.38. The normalized spacial score (nSPS) is 32.6. The van der Waals surface area contributed by atoms with E-state index in [1.807, 2.05) is 10.9 Å². The van der Waals surface area contributed by atoms with Gasteiger partial charge in [-0.05, 0) is 70.1 Å². The number of fused-ring (bicyclic) bond motifs is 1. The van der Waals surface area contributed by atoms with Gasteiger partial charge in [-0.3, -0.25) is 4.79 Å². The number of rotatable bonds is 6. The number of likely N-dealkylation sites (tertiary alicyclic amines) is 1. The number of nitrogens with zero attached hydrogens (tertiary/aromatic N) is 4. The summed E-state index contributed by atoms with van der Waals surface area (Å²) < 4.78 is 8.34. The van der Waals surface area contributed by atoms with Crippen LogP contribution in [0.3, 0.4) is 0 Å². The van der Waals surface area contributed by atoms with Crippen LogP contribution in [0.15, 0.2) is 6.20 Å². The predicted octanol–water partition coefficient (Wildman–Crippen LogP) is 2.90. The highest BCUT2D eigenvalue weighted by Crippen LogP contribution is 2.44. The molecule has 2 heterocycles. The number of aromatic nitrogens is 3. The molecule has 5 rings (SSSR count). The average molecular weight is 417 g/mol. The Morgan fingerprint density at radius 1 is 1.17 bits per heavy atom. The first-order valence-corrected chi connectivity index (χ1v) is 11.9. The summed E-state index contributed by atoms with van der Waals surface area (Å²) >= 11 is 0. The Morgan fingerprint density at radius 3 is 2.50 bits per heavy atom. The van der Waals surface area contributed by atoms with Crippen LogP contribution >= 0.6 is 0 Å². The molecule has 0 bridgehead atoms. The van der Waals surface area contributed by atoms with Crippen molar-refractivity contribution >= 4 is 5.91 Å². The largest absolute Gasteiger partial charge is 0.384 e. The van der Waals surface area contributed by atoms with Crippen LogP contribution in [0.5, 0.6) is 0 Å². The molecule has 3 saturated carbocycles. The molecular weight excluding hydrogens is 380 g/mol. The van der Waals surface area contributed by atoms with Gasteiger partial charge in [-0.25, -0.2) is 4.68 Å². The molecule has 4 aliphatic rings. The Morgan fingerprint density at radius 2 is 1.87 bits per heavy atom. The van der Waals surface area contributed by atoms with Gasteiger partial charge in [0.25, 0.3) is 0 Å². The van der Waals surface area contributed by atoms with Gasteiger partial charge in [-0.2, -0.15) is 0 Å². The number of amides is 1. The first kappa shape index (κ1) is 20.4. The molecule has 7 nitrogen and oxygen atoms in total. The molecule has 0 aromatic carbocycles. The molecule has 4 atom stereocenters. The maximum atomic E-state index is 13.0. The van der Waals surface area contributed by atoms with Gasteiger partial charge in [0.05, 0.1) is 18.3 Å². The topological polar surface area (TPSA) is 80.5 Å². The summed E-state index contributed by atoms with van der Waals surface area (Å²) in [6.07, 6.45) is 11.0. The molecule has 0 radical (unpaired) electrons. The Bertz CT molecular complexity index is 763. The summed E-state index contributed by atoms with van der Waals surface area (Å²) in [6.45, 7) is 6.07. The third kappa shape index (κ3) is 4.15. The van der Waals surface area contributed by atoms with E-state index in [0.29, 0.717) is 23.4 Å². The Labute approximate surface area is 179 Å². The maximum Gasteiger partial charge on any atom is 0.225 e. The average Bonchev–Trinajstić information content (AvgIpc) is 3.14. The molecule has 4 fully saturated rings. The molecule has 1 saturated heterocycles. The number of carbonyl (C=O) groups is 1. The van der Waals surface area contributed by atoms with Crippen LogP contribution in [0.25, 0.3) is 0 Å². The molecule has 1 aromatic heterocycles. The second-order valence-corrected chi connectivity index (χ2v) is 10.7. The highest BCUT2D eigenvalue weighted by atomic mass is 16.5. The number of aliphatic hydroxyl groups is 1. The van der Waals surface area contributed by atoms with Crippen molar-refractivity contribution in [1.29, 1.82) is 0 Å². The molecule has 1 aromatic rings. The zero-order valence-electron chi connectivity index (χ0n) is 18.4. The first-order valence-electron chi connectivity index (χ1n) is 11.9. The van der Waals surface area contributed by atoms with E-state index in [4.69, 9.17) is 4.74 Å². The van der Waals surface area contributed by atoms with Crippen LogP contribution < -0.4 is 0 Å². The summed E-state index contributed by atoms with van der Waals surface area (Å²) in [7, 11) is 0. The van der Waals surface area contributed by atoms with Crippen molar-refractivity contribution in [3.05, 3.63) is 11.9 Å². The van der Waals surface area contributed by atoms with Crippen molar-refractivity contribution in [3.63, 3.8) is 0 Å². The maximum absolute atomic E-state index is 13.0. The summed E-state index contributed by atoms with van der Waals surface area (Å²) in [4.78, 5) is 15.1. The van der Waals surface area contributed by atoms with Crippen LogP contribution in [0, 0.1) is 23.7 Å². The van der Waals surface area contributed by atoms with Gasteiger partial charge in [0.2, 0.25) is 5.91 Å². The molecule has 30 heavy (non-hydrogen) atoms. The second-order valence-electron chi connectivity index (χ2n) is 10.7. The Kier molecular flexibility index (Phi) is 5.38. The fourth-order valence-electron chi connectivity index (χ4n) is 5.72. The zero-order valence-corrected chi connectivity index (χ0v) is 18.4. The third-order valence-corrected chi connectivity index (χ3v) is 7.82. The lowest BCUT2D eigenvalue weighted by Gasteiger charge is -2.37. The van der Waals surface area contributed by atoms with E-state index in [2.05, 4.69) is 15.2 Å². The van der Waals surface area contributed by atoms with Gasteiger partial charge in [0.15, 0.2) is 0 Å². The number of hydrogen-bond donors (Lipinski definition) is 1. The van der Waals surface area contributed by atoms with Crippen molar-refractivity contribution < 1.29 is 14.6 Å². The van der Waals surface area contributed by atoms with Gasteiger partial charge < -0.3 is 14.7 Å². The fourth-order valence-corrected chi connectivity index (χ4v) is 5.72. The second kappa shape index (κ2) is 7.90. The standard InChI is InChI=1S/C23H36N4O3/c1-23(2,29)21-13-27(25-24-21)19-9-17-11-26(22(28)16-5-3-4-6-16)12-18(17)10-20(19)30-14-15-7-8-15/h13,15-20,29H,3-12,14H2,1-2H3/t17-,18+,19-,20-/m1/s1. The van der Waals surface area contributed by atoms with E-state index in [1.165, 1.54) is 25.7 Å². The van der Waals surface area contributed by atoms with Crippen LogP contribution in [0.1, 0.15) is 76.9 Å². The molecule has 166 valence electrons. The Hall–Kier alpha value is -1.47. The molecule has 1 aliphatic heterocycles.